The first-order valence-electron chi connectivity index (χ1n) is 5.22. The Labute approximate surface area is 92.9 Å². The molecule has 1 amide bonds. The largest absolute Gasteiger partial charge is 0.391 e. The Kier molecular flexibility index (Phi) is 2.78. The van der Waals surface area contributed by atoms with Gasteiger partial charge in [0.25, 0.3) is 11.5 Å². The van der Waals surface area contributed by atoms with E-state index in [9.17, 15) is 14.7 Å². The Morgan fingerprint density at radius 3 is 2.94 bits per heavy atom. The molecule has 1 N–H and O–H groups in total. The second-order valence-electron chi connectivity index (χ2n) is 4.03. The zero-order valence-electron chi connectivity index (χ0n) is 9.09. The van der Waals surface area contributed by atoms with E-state index in [1.807, 2.05) is 0 Å². The summed E-state index contributed by atoms with van der Waals surface area (Å²) in [5, 5.41) is 9.34. The Hall–Kier alpha value is -1.62. The highest BCUT2D eigenvalue weighted by Gasteiger charge is 2.26. The maximum Gasteiger partial charge on any atom is 0.263 e. The highest BCUT2D eigenvalue weighted by molar-refractivity contribution is 5.94. The van der Waals surface area contributed by atoms with Gasteiger partial charge in [-0.1, -0.05) is 0 Å². The van der Waals surface area contributed by atoms with Gasteiger partial charge in [0.1, 0.15) is 5.56 Å². The van der Waals surface area contributed by atoms with E-state index in [1.54, 1.807) is 19.3 Å². The van der Waals surface area contributed by atoms with Crippen LogP contribution in [0.2, 0.25) is 0 Å². The number of hydrogen-bond donors (Lipinski definition) is 1. The van der Waals surface area contributed by atoms with Crippen LogP contribution in [-0.2, 0) is 7.05 Å². The molecule has 1 atom stereocenters. The molecule has 1 aromatic rings. The molecule has 1 aromatic heterocycles. The van der Waals surface area contributed by atoms with Gasteiger partial charge in [-0.3, -0.25) is 9.59 Å². The molecule has 1 unspecified atom stereocenters. The van der Waals surface area contributed by atoms with Crippen molar-refractivity contribution in [2.75, 3.05) is 13.1 Å². The van der Waals surface area contributed by atoms with E-state index in [0.717, 1.165) is 0 Å². The molecule has 1 saturated heterocycles. The smallest absolute Gasteiger partial charge is 0.263 e. The third kappa shape index (κ3) is 1.86. The summed E-state index contributed by atoms with van der Waals surface area (Å²) in [6.07, 6.45) is 1.73. The van der Waals surface area contributed by atoms with Crippen LogP contribution in [0.5, 0.6) is 0 Å². The minimum atomic E-state index is -0.462. The van der Waals surface area contributed by atoms with E-state index in [-0.39, 0.29) is 17.0 Å². The summed E-state index contributed by atoms with van der Waals surface area (Å²) in [5.41, 5.74) is -0.131. The zero-order chi connectivity index (χ0) is 11.7. The van der Waals surface area contributed by atoms with Crippen molar-refractivity contribution in [2.24, 2.45) is 7.05 Å². The molecule has 1 aliphatic heterocycles. The van der Waals surface area contributed by atoms with Crippen molar-refractivity contribution in [3.63, 3.8) is 0 Å². The molecule has 5 nitrogen and oxygen atoms in total. The van der Waals surface area contributed by atoms with Crippen LogP contribution in [0.3, 0.4) is 0 Å². The second kappa shape index (κ2) is 4.09. The number of aliphatic hydroxyl groups is 1. The van der Waals surface area contributed by atoms with Crippen LogP contribution in [0, 0.1) is 0 Å². The van der Waals surface area contributed by atoms with Crippen molar-refractivity contribution in [3.05, 3.63) is 34.2 Å². The summed E-state index contributed by atoms with van der Waals surface area (Å²) in [6.45, 7) is 0.828. The van der Waals surface area contributed by atoms with E-state index >= 15 is 0 Å². The van der Waals surface area contributed by atoms with Crippen molar-refractivity contribution >= 4 is 5.91 Å². The van der Waals surface area contributed by atoms with E-state index in [1.165, 1.54) is 15.5 Å². The quantitative estimate of drug-likeness (QED) is 0.702. The fourth-order valence-electron chi connectivity index (χ4n) is 1.86. The SMILES string of the molecule is Cn1cccc(C(=O)N2CCC(O)C2)c1=O. The van der Waals surface area contributed by atoms with Crippen molar-refractivity contribution in [3.8, 4) is 0 Å². The molecule has 0 saturated carbocycles. The van der Waals surface area contributed by atoms with Gasteiger partial charge in [0, 0.05) is 26.3 Å². The molecule has 1 fully saturated rings. The molecule has 0 bridgehead atoms. The van der Waals surface area contributed by atoms with Crippen LogP contribution in [0.25, 0.3) is 0 Å². The van der Waals surface area contributed by atoms with E-state index in [2.05, 4.69) is 0 Å². The average Bonchev–Trinajstić information content (AvgIpc) is 2.68. The van der Waals surface area contributed by atoms with E-state index < -0.39 is 6.10 Å². The lowest BCUT2D eigenvalue weighted by atomic mass is 10.2. The number of β-amino-alcohol motifs (C(OH)–C–C–N with tert-alkyl or cyclic N) is 1. The molecule has 86 valence electrons. The third-order valence-electron chi connectivity index (χ3n) is 2.80. The number of aromatic nitrogens is 1. The maximum atomic E-state index is 12.0. The van der Waals surface area contributed by atoms with Crippen LogP contribution in [0.4, 0.5) is 0 Å². The Morgan fingerprint density at radius 2 is 2.31 bits per heavy atom. The number of nitrogens with zero attached hydrogens (tertiary/aromatic N) is 2. The summed E-state index contributed by atoms with van der Waals surface area (Å²) < 4.78 is 1.37. The monoisotopic (exact) mass is 222 g/mol. The Morgan fingerprint density at radius 1 is 1.56 bits per heavy atom. The number of amides is 1. The molecule has 0 aliphatic carbocycles. The number of rotatable bonds is 1. The molecule has 16 heavy (non-hydrogen) atoms. The number of likely N-dealkylation sites (tertiary alicyclic amines) is 1. The number of pyridine rings is 1. The number of aliphatic hydroxyl groups excluding tert-OH is 1. The van der Waals surface area contributed by atoms with Crippen LogP contribution in [0.15, 0.2) is 23.1 Å². The van der Waals surface area contributed by atoms with Gasteiger partial charge in [0.15, 0.2) is 0 Å². The normalized spacial score (nSPS) is 20.1. The molecule has 0 aromatic carbocycles. The van der Waals surface area contributed by atoms with E-state index in [0.29, 0.717) is 19.5 Å². The standard InChI is InChI=1S/C11H14N2O3/c1-12-5-2-3-9(10(12)15)11(16)13-6-4-8(14)7-13/h2-3,5,8,14H,4,6-7H2,1H3. The second-order valence-corrected chi connectivity index (χ2v) is 4.03. The fraction of sp³-hybridized carbons (Fsp3) is 0.455. The molecular weight excluding hydrogens is 208 g/mol. The van der Waals surface area contributed by atoms with Crippen LogP contribution in [0.1, 0.15) is 16.8 Å². The first-order chi connectivity index (χ1) is 7.59. The first-order valence-corrected chi connectivity index (χ1v) is 5.22. The topological polar surface area (TPSA) is 62.5 Å². The number of carbonyl (C=O) groups excluding carboxylic acids is 1. The van der Waals surface area contributed by atoms with Crippen molar-refractivity contribution in [1.82, 2.24) is 9.47 Å². The molecule has 2 rings (SSSR count). The predicted octanol–water partition coefficient (Wildman–Crippen LogP) is -0.408. The van der Waals surface area contributed by atoms with Crippen molar-refractivity contribution < 1.29 is 9.90 Å². The van der Waals surface area contributed by atoms with Gasteiger partial charge in [-0.15, -0.1) is 0 Å². The number of aryl methyl sites for hydroxylation is 1. The minimum Gasteiger partial charge on any atom is -0.391 e. The average molecular weight is 222 g/mol. The van der Waals surface area contributed by atoms with Gasteiger partial charge in [-0.05, 0) is 18.6 Å². The molecule has 0 radical (unpaired) electrons. The Balaban J connectivity index is 2.28. The predicted molar refractivity (Wildman–Crippen MR) is 58.2 cm³/mol. The van der Waals surface area contributed by atoms with E-state index in [4.69, 9.17) is 0 Å². The highest BCUT2D eigenvalue weighted by Crippen LogP contribution is 2.11. The lowest BCUT2D eigenvalue weighted by Gasteiger charge is -2.15. The Bertz CT molecular complexity index is 467. The molecule has 5 heteroatoms. The van der Waals surface area contributed by atoms with Gasteiger partial charge in [0.2, 0.25) is 0 Å². The third-order valence-corrected chi connectivity index (χ3v) is 2.80. The summed E-state index contributed by atoms with van der Waals surface area (Å²) >= 11 is 0. The highest BCUT2D eigenvalue weighted by atomic mass is 16.3. The number of carbonyl (C=O) groups is 1. The lowest BCUT2D eigenvalue weighted by Crippen LogP contribution is -2.35. The van der Waals surface area contributed by atoms with Gasteiger partial charge < -0.3 is 14.6 Å². The van der Waals surface area contributed by atoms with Gasteiger partial charge in [-0.25, -0.2) is 0 Å². The molecule has 2 heterocycles. The number of hydrogen-bond acceptors (Lipinski definition) is 3. The summed E-state index contributed by atoms with van der Waals surface area (Å²) in [5.74, 6) is -0.294. The minimum absolute atomic E-state index is 0.166. The summed E-state index contributed by atoms with van der Waals surface area (Å²) in [7, 11) is 1.61. The zero-order valence-corrected chi connectivity index (χ0v) is 9.09. The van der Waals surface area contributed by atoms with Crippen LogP contribution >= 0.6 is 0 Å². The first kappa shape index (κ1) is 10.9. The van der Waals surface area contributed by atoms with Crippen molar-refractivity contribution in [2.45, 2.75) is 12.5 Å². The van der Waals surface area contributed by atoms with Gasteiger partial charge in [-0.2, -0.15) is 0 Å². The molecule has 0 spiro atoms. The van der Waals surface area contributed by atoms with Crippen LogP contribution < -0.4 is 5.56 Å². The van der Waals surface area contributed by atoms with Crippen LogP contribution in [-0.4, -0.2) is 39.7 Å². The maximum absolute atomic E-state index is 12.0. The van der Waals surface area contributed by atoms with Gasteiger partial charge >= 0.3 is 0 Å². The summed E-state index contributed by atoms with van der Waals surface area (Å²) in [6, 6.07) is 3.19. The summed E-state index contributed by atoms with van der Waals surface area (Å²) in [4.78, 5) is 25.2. The van der Waals surface area contributed by atoms with Gasteiger partial charge in [0.05, 0.1) is 6.10 Å². The molecular formula is C11H14N2O3. The fourth-order valence-corrected chi connectivity index (χ4v) is 1.86. The molecule has 1 aliphatic rings. The van der Waals surface area contributed by atoms with Crippen molar-refractivity contribution in [1.29, 1.82) is 0 Å². The lowest BCUT2D eigenvalue weighted by molar-refractivity contribution is 0.0762.